The molecule has 0 bridgehead atoms. The molecule has 152 valence electrons. The maximum atomic E-state index is 12.1. The maximum Gasteiger partial charge on any atom is 0.347 e. The zero-order valence-electron chi connectivity index (χ0n) is 17.2. The number of nitriles is 1. The molecule has 3 aromatic rings. The molecule has 1 aromatic heterocycles. The van der Waals surface area contributed by atoms with Crippen molar-refractivity contribution in [3.8, 4) is 22.9 Å². The van der Waals surface area contributed by atoms with E-state index in [2.05, 4.69) is 17.1 Å². The van der Waals surface area contributed by atoms with Crippen LogP contribution in [0.2, 0.25) is 0 Å². The molecular weight excluding hydrogens is 376 g/mol. The topological polar surface area (TPSA) is 72.2 Å². The van der Waals surface area contributed by atoms with E-state index in [9.17, 15) is 4.79 Å². The first kappa shape index (κ1) is 19.9. The van der Waals surface area contributed by atoms with Crippen LogP contribution in [-0.4, -0.2) is 23.7 Å². The van der Waals surface area contributed by atoms with E-state index in [1.165, 1.54) is 6.42 Å². The van der Waals surface area contributed by atoms with E-state index >= 15 is 0 Å². The van der Waals surface area contributed by atoms with Crippen LogP contribution in [0.3, 0.4) is 0 Å². The maximum absolute atomic E-state index is 12.1. The first-order chi connectivity index (χ1) is 14.6. The van der Waals surface area contributed by atoms with Gasteiger partial charge in [0.1, 0.15) is 5.75 Å². The predicted molar refractivity (Wildman–Crippen MR) is 115 cm³/mol. The van der Waals surface area contributed by atoms with Crippen LogP contribution < -0.4 is 4.74 Å². The number of fused-ring (bicyclic) bond motifs is 1. The first-order valence-electron chi connectivity index (χ1n) is 10.4. The molecule has 1 atom stereocenters. The zero-order chi connectivity index (χ0) is 21.1. The molecule has 0 amide bonds. The van der Waals surface area contributed by atoms with Gasteiger partial charge in [0.2, 0.25) is 0 Å². The zero-order valence-corrected chi connectivity index (χ0v) is 17.2. The second kappa shape index (κ2) is 8.54. The lowest BCUT2D eigenvalue weighted by Gasteiger charge is -2.29. The number of pyridine rings is 1. The van der Waals surface area contributed by atoms with E-state index in [0.29, 0.717) is 18.1 Å². The van der Waals surface area contributed by atoms with Crippen molar-refractivity contribution in [2.45, 2.75) is 45.1 Å². The average Bonchev–Trinajstić information content (AvgIpc) is 2.72. The summed E-state index contributed by atoms with van der Waals surface area (Å²) in [6.45, 7) is 3.84. The predicted octanol–water partition coefficient (Wildman–Crippen LogP) is 5.37. The molecule has 5 heteroatoms. The van der Waals surface area contributed by atoms with Crippen LogP contribution in [0, 0.1) is 11.3 Å². The molecule has 0 unspecified atom stereocenters. The summed E-state index contributed by atoms with van der Waals surface area (Å²) in [5.74, 6) is 0.811. The van der Waals surface area contributed by atoms with Gasteiger partial charge in [0.25, 0.3) is 0 Å². The standard InChI is InChI=1S/C25H24N2O3/c1-3-29-25(28)16(2)30-24-12-21-20(11-22(24)18-5-4-6-18)14-27-15-23(21)19-9-7-17(13-26)8-10-19/h7-12,14-16,18H,3-6H2,1-2H3/t16-/m1/s1. The fourth-order valence-corrected chi connectivity index (χ4v) is 3.81. The van der Waals surface area contributed by atoms with Crippen LogP contribution in [0.5, 0.6) is 5.75 Å². The van der Waals surface area contributed by atoms with Crippen molar-refractivity contribution in [2.75, 3.05) is 6.61 Å². The lowest BCUT2D eigenvalue weighted by Crippen LogP contribution is -2.27. The number of nitrogens with zero attached hydrogens (tertiary/aromatic N) is 2. The monoisotopic (exact) mass is 400 g/mol. The number of carbonyl (C=O) groups excluding carboxylic acids is 1. The molecule has 0 radical (unpaired) electrons. The number of aromatic nitrogens is 1. The number of esters is 1. The third-order valence-corrected chi connectivity index (χ3v) is 5.68. The van der Waals surface area contributed by atoms with Crippen molar-refractivity contribution in [3.63, 3.8) is 0 Å². The van der Waals surface area contributed by atoms with Gasteiger partial charge in [0, 0.05) is 23.3 Å². The highest BCUT2D eigenvalue weighted by Gasteiger charge is 2.26. The van der Waals surface area contributed by atoms with Crippen molar-refractivity contribution >= 4 is 16.7 Å². The molecule has 30 heavy (non-hydrogen) atoms. The van der Waals surface area contributed by atoms with Crippen LogP contribution in [0.15, 0.2) is 48.8 Å². The number of ether oxygens (including phenoxy) is 2. The highest BCUT2D eigenvalue weighted by Crippen LogP contribution is 2.44. The molecule has 1 aliphatic rings. The van der Waals surface area contributed by atoms with Crippen molar-refractivity contribution in [1.82, 2.24) is 4.98 Å². The largest absolute Gasteiger partial charge is 0.479 e. The minimum atomic E-state index is -0.679. The fraction of sp³-hybridized carbons (Fsp3) is 0.320. The smallest absolute Gasteiger partial charge is 0.347 e. The van der Waals surface area contributed by atoms with Gasteiger partial charge in [0.05, 0.1) is 18.2 Å². The van der Waals surface area contributed by atoms with Gasteiger partial charge in [-0.25, -0.2) is 4.79 Å². The SMILES string of the molecule is CCOC(=O)[C@@H](C)Oc1cc2c(-c3ccc(C#N)cc3)cncc2cc1C1CCC1. The Hall–Kier alpha value is -3.39. The van der Waals surface area contributed by atoms with E-state index in [4.69, 9.17) is 14.7 Å². The average molecular weight is 400 g/mol. The Morgan fingerprint density at radius 1 is 1.23 bits per heavy atom. The number of rotatable bonds is 6. The second-order valence-corrected chi connectivity index (χ2v) is 7.63. The molecule has 2 aromatic carbocycles. The number of hydrogen-bond donors (Lipinski definition) is 0. The van der Waals surface area contributed by atoms with Crippen LogP contribution in [0.25, 0.3) is 21.9 Å². The van der Waals surface area contributed by atoms with Crippen molar-refractivity contribution in [3.05, 3.63) is 59.9 Å². The summed E-state index contributed by atoms with van der Waals surface area (Å²) in [6, 6.07) is 13.8. The Morgan fingerprint density at radius 3 is 2.63 bits per heavy atom. The Morgan fingerprint density at radius 2 is 2.00 bits per heavy atom. The Bertz CT molecular complexity index is 1110. The molecule has 0 aliphatic heterocycles. The van der Waals surface area contributed by atoms with Crippen LogP contribution in [-0.2, 0) is 9.53 Å². The van der Waals surface area contributed by atoms with E-state index < -0.39 is 6.10 Å². The summed E-state index contributed by atoms with van der Waals surface area (Å²) < 4.78 is 11.2. The number of hydrogen-bond acceptors (Lipinski definition) is 5. The van der Waals surface area contributed by atoms with E-state index in [1.807, 2.05) is 30.6 Å². The number of carbonyl (C=O) groups is 1. The molecule has 1 fully saturated rings. The summed E-state index contributed by atoms with van der Waals surface area (Å²) in [6.07, 6.45) is 6.46. The van der Waals surface area contributed by atoms with E-state index in [0.717, 1.165) is 46.1 Å². The normalized spacial score (nSPS) is 14.6. The summed E-state index contributed by atoms with van der Waals surface area (Å²) >= 11 is 0. The molecule has 0 spiro atoms. The van der Waals surface area contributed by atoms with E-state index in [-0.39, 0.29) is 5.97 Å². The Balaban J connectivity index is 1.80. The van der Waals surface area contributed by atoms with Crippen molar-refractivity contribution < 1.29 is 14.3 Å². The molecule has 0 saturated heterocycles. The van der Waals surface area contributed by atoms with Gasteiger partial charge >= 0.3 is 5.97 Å². The Labute approximate surface area is 176 Å². The lowest BCUT2D eigenvalue weighted by molar-refractivity contribution is -0.150. The third kappa shape index (κ3) is 3.86. The molecule has 4 rings (SSSR count). The molecule has 0 N–H and O–H groups in total. The molecule has 1 saturated carbocycles. The van der Waals surface area contributed by atoms with Gasteiger partial charge < -0.3 is 9.47 Å². The lowest BCUT2D eigenvalue weighted by atomic mass is 9.79. The first-order valence-corrected chi connectivity index (χ1v) is 10.4. The minimum Gasteiger partial charge on any atom is -0.479 e. The Kier molecular flexibility index (Phi) is 5.67. The number of benzene rings is 2. The molecule has 1 aliphatic carbocycles. The van der Waals surface area contributed by atoms with Gasteiger partial charge in [0.15, 0.2) is 6.10 Å². The molecular formula is C25H24N2O3. The molecule has 5 nitrogen and oxygen atoms in total. The van der Waals surface area contributed by atoms with Crippen LogP contribution >= 0.6 is 0 Å². The molecule has 1 heterocycles. The van der Waals surface area contributed by atoms with Gasteiger partial charge in [-0.3, -0.25) is 4.98 Å². The summed E-state index contributed by atoms with van der Waals surface area (Å²) in [4.78, 5) is 16.6. The van der Waals surface area contributed by atoms with Crippen LogP contribution in [0.1, 0.15) is 50.2 Å². The van der Waals surface area contributed by atoms with Gasteiger partial charge in [-0.1, -0.05) is 18.6 Å². The third-order valence-electron chi connectivity index (χ3n) is 5.68. The van der Waals surface area contributed by atoms with Gasteiger partial charge in [-0.05, 0) is 73.4 Å². The van der Waals surface area contributed by atoms with Gasteiger partial charge in [-0.15, -0.1) is 0 Å². The fourth-order valence-electron chi connectivity index (χ4n) is 3.81. The van der Waals surface area contributed by atoms with Crippen LogP contribution in [0.4, 0.5) is 0 Å². The second-order valence-electron chi connectivity index (χ2n) is 7.63. The highest BCUT2D eigenvalue weighted by atomic mass is 16.6. The van der Waals surface area contributed by atoms with Crippen molar-refractivity contribution in [1.29, 1.82) is 5.26 Å². The minimum absolute atomic E-state index is 0.328. The van der Waals surface area contributed by atoms with Crippen molar-refractivity contribution in [2.24, 2.45) is 0 Å². The highest BCUT2D eigenvalue weighted by molar-refractivity contribution is 5.97. The van der Waals surface area contributed by atoms with Gasteiger partial charge in [-0.2, -0.15) is 5.26 Å². The summed E-state index contributed by atoms with van der Waals surface area (Å²) in [5, 5.41) is 11.1. The summed E-state index contributed by atoms with van der Waals surface area (Å²) in [7, 11) is 0. The quantitative estimate of drug-likeness (QED) is 0.520. The van der Waals surface area contributed by atoms with E-state index in [1.54, 1.807) is 26.0 Å². The summed E-state index contributed by atoms with van der Waals surface area (Å²) in [5.41, 5.74) is 3.69.